The Kier molecular flexibility index (Phi) is 5.61. The number of aromatic nitrogens is 2. The molecule has 0 bridgehead atoms. The normalized spacial score (nSPS) is 12.6. The molecule has 0 spiro atoms. The number of hydrogen-bond acceptors (Lipinski definition) is 8. The average Bonchev–Trinajstić information content (AvgIpc) is 2.79. The summed E-state index contributed by atoms with van der Waals surface area (Å²) >= 11 is 0. The molecule has 12 heteroatoms. The van der Waals surface area contributed by atoms with Gasteiger partial charge in [-0.25, -0.2) is 0 Å². The lowest BCUT2D eigenvalue weighted by atomic mass is 10.2. The zero-order valence-electron chi connectivity index (χ0n) is 16.9. The van der Waals surface area contributed by atoms with E-state index in [0.717, 1.165) is 24.3 Å². The molecule has 0 fully saturated rings. The lowest BCUT2D eigenvalue weighted by Gasteiger charge is -2.20. The van der Waals surface area contributed by atoms with E-state index in [4.69, 9.17) is 14.2 Å². The summed E-state index contributed by atoms with van der Waals surface area (Å²) in [5.74, 6) is 0.310. The van der Waals surface area contributed by atoms with Crippen LogP contribution in [0.25, 0.3) is 0 Å². The Morgan fingerprint density at radius 2 is 1.76 bits per heavy atom. The van der Waals surface area contributed by atoms with Crippen molar-refractivity contribution >= 4 is 17.4 Å². The van der Waals surface area contributed by atoms with Crippen molar-refractivity contribution < 1.29 is 32.2 Å². The van der Waals surface area contributed by atoms with E-state index in [2.05, 4.69) is 20.6 Å². The number of hydrogen-bond donors (Lipinski definition) is 2. The van der Waals surface area contributed by atoms with E-state index in [-0.39, 0.29) is 52.9 Å². The van der Waals surface area contributed by atoms with Gasteiger partial charge in [0.1, 0.15) is 22.9 Å². The smallest absolute Gasteiger partial charge is 0.416 e. The van der Waals surface area contributed by atoms with Crippen LogP contribution in [0.3, 0.4) is 0 Å². The summed E-state index contributed by atoms with van der Waals surface area (Å²) < 4.78 is 54.8. The standard InChI is InChI=1S/C21H14F3N5O4/c1-31-14-6-11(9-25)7-15(8-14)32-19-17-18(26-10-16(30)27-17)28-20(29-19)33-13-4-2-12(3-5-13)21(22,23)24/h2-8H,10H2,1H3,(H,27,30)(H,26,28,29). The van der Waals surface area contributed by atoms with Gasteiger partial charge < -0.3 is 24.8 Å². The van der Waals surface area contributed by atoms with E-state index in [1.165, 1.54) is 25.3 Å². The Balaban J connectivity index is 1.69. The topological polar surface area (TPSA) is 118 Å². The number of methoxy groups -OCH3 is 1. The fourth-order valence-electron chi connectivity index (χ4n) is 2.87. The third-order valence-electron chi connectivity index (χ3n) is 4.39. The Morgan fingerprint density at radius 3 is 2.42 bits per heavy atom. The molecule has 1 aliphatic rings. The van der Waals surface area contributed by atoms with E-state index in [1.807, 2.05) is 6.07 Å². The van der Waals surface area contributed by atoms with Gasteiger partial charge in [0.2, 0.25) is 5.91 Å². The highest BCUT2D eigenvalue weighted by atomic mass is 19.4. The van der Waals surface area contributed by atoms with Crippen molar-refractivity contribution in [2.24, 2.45) is 0 Å². The van der Waals surface area contributed by atoms with Gasteiger partial charge in [-0.15, -0.1) is 0 Å². The third-order valence-corrected chi connectivity index (χ3v) is 4.39. The van der Waals surface area contributed by atoms with Crippen LogP contribution >= 0.6 is 0 Å². The summed E-state index contributed by atoms with van der Waals surface area (Å²) in [6, 6.07) is 10.2. The minimum absolute atomic E-state index is 0.0573. The predicted molar refractivity (Wildman–Crippen MR) is 108 cm³/mol. The fraction of sp³-hybridized carbons (Fsp3) is 0.143. The number of halogens is 3. The van der Waals surface area contributed by atoms with E-state index in [1.54, 1.807) is 0 Å². The molecule has 9 nitrogen and oxygen atoms in total. The number of alkyl halides is 3. The first-order valence-corrected chi connectivity index (χ1v) is 9.33. The van der Waals surface area contributed by atoms with Crippen LogP contribution in [-0.4, -0.2) is 29.5 Å². The molecule has 0 atom stereocenters. The first-order valence-electron chi connectivity index (χ1n) is 9.33. The number of ether oxygens (including phenoxy) is 3. The Hall–Kier alpha value is -4.53. The van der Waals surface area contributed by atoms with Gasteiger partial charge in [-0.3, -0.25) is 4.79 Å². The number of nitriles is 1. The second-order valence-corrected chi connectivity index (χ2v) is 6.67. The number of carbonyl (C=O) groups excluding carboxylic acids is 1. The summed E-state index contributed by atoms with van der Waals surface area (Å²) in [4.78, 5) is 20.1. The zero-order valence-corrected chi connectivity index (χ0v) is 16.9. The van der Waals surface area contributed by atoms with Gasteiger partial charge in [0.25, 0.3) is 5.88 Å². The number of anilines is 2. The highest BCUT2D eigenvalue weighted by Crippen LogP contribution is 2.38. The molecule has 0 unspecified atom stereocenters. The van der Waals surface area contributed by atoms with Crippen LogP contribution in [0, 0.1) is 11.3 Å². The number of fused-ring (bicyclic) bond motifs is 1. The third kappa shape index (κ3) is 4.87. The maximum atomic E-state index is 12.8. The molecule has 0 saturated heterocycles. The Labute approximate surface area is 184 Å². The molecule has 3 aromatic rings. The monoisotopic (exact) mass is 457 g/mol. The van der Waals surface area contributed by atoms with Gasteiger partial charge >= 0.3 is 12.2 Å². The lowest BCUT2D eigenvalue weighted by Crippen LogP contribution is -2.28. The number of rotatable bonds is 5. The molecule has 1 amide bonds. The Morgan fingerprint density at radius 1 is 1.03 bits per heavy atom. The first-order chi connectivity index (χ1) is 15.7. The molecule has 2 N–H and O–H groups in total. The molecule has 0 radical (unpaired) electrons. The molecular formula is C21H14F3N5O4. The molecule has 1 aliphatic heterocycles. The number of amides is 1. The fourth-order valence-corrected chi connectivity index (χ4v) is 2.87. The van der Waals surface area contributed by atoms with Crippen molar-refractivity contribution in [3.8, 4) is 35.2 Å². The van der Waals surface area contributed by atoms with Crippen LogP contribution in [0.1, 0.15) is 11.1 Å². The van der Waals surface area contributed by atoms with Gasteiger partial charge in [-0.2, -0.15) is 28.4 Å². The van der Waals surface area contributed by atoms with Crippen molar-refractivity contribution in [2.45, 2.75) is 6.18 Å². The molecule has 1 aromatic heterocycles. The van der Waals surface area contributed by atoms with Gasteiger partial charge in [0.15, 0.2) is 5.82 Å². The molecule has 2 aromatic carbocycles. The molecule has 0 aliphatic carbocycles. The summed E-state index contributed by atoms with van der Waals surface area (Å²) in [6.45, 7) is -0.0685. The van der Waals surface area contributed by atoms with Crippen LogP contribution in [0.4, 0.5) is 24.7 Å². The van der Waals surface area contributed by atoms with E-state index in [9.17, 15) is 23.2 Å². The van der Waals surface area contributed by atoms with Crippen LogP contribution in [0.2, 0.25) is 0 Å². The van der Waals surface area contributed by atoms with Gasteiger partial charge in [-0.05, 0) is 36.4 Å². The number of nitrogens with zero attached hydrogens (tertiary/aromatic N) is 3. The second-order valence-electron chi connectivity index (χ2n) is 6.67. The molecule has 2 heterocycles. The van der Waals surface area contributed by atoms with Crippen LogP contribution < -0.4 is 24.8 Å². The molecule has 4 rings (SSSR count). The maximum Gasteiger partial charge on any atom is 0.416 e. The number of benzene rings is 2. The van der Waals surface area contributed by atoms with E-state index in [0.29, 0.717) is 5.75 Å². The van der Waals surface area contributed by atoms with Crippen molar-refractivity contribution in [3.63, 3.8) is 0 Å². The SMILES string of the molecule is COc1cc(C#N)cc(Oc2nc(Oc3ccc(C(F)(F)F)cc3)nc3c2NC(=O)CN3)c1. The quantitative estimate of drug-likeness (QED) is 0.582. The van der Waals surface area contributed by atoms with Crippen LogP contribution in [-0.2, 0) is 11.0 Å². The summed E-state index contributed by atoms with van der Waals surface area (Å²) in [7, 11) is 1.42. The van der Waals surface area contributed by atoms with Gasteiger partial charge in [0, 0.05) is 6.07 Å². The minimum Gasteiger partial charge on any atom is -0.497 e. The summed E-state index contributed by atoms with van der Waals surface area (Å²) in [5.41, 5.74) is -0.441. The van der Waals surface area contributed by atoms with Crippen LogP contribution in [0.15, 0.2) is 42.5 Å². The molecule has 0 saturated carbocycles. The number of carbonyl (C=O) groups is 1. The molecule has 33 heavy (non-hydrogen) atoms. The first kappa shape index (κ1) is 21.7. The van der Waals surface area contributed by atoms with Crippen molar-refractivity contribution in [1.82, 2.24) is 9.97 Å². The second kappa shape index (κ2) is 8.54. The van der Waals surface area contributed by atoms with Crippen molar-refractivity contribution in [1.29, 1.82) is 5.26 Å². The van der Waals surface area contributed by atoms with Gasteiger partial charge in [-0.1, -0.05) is 0 Å². The van der Waals surface area contributed by atoms with E-state index < -0.39 is 11.7 Å². The largest absolute Gasteiger partial charge is 0.497 e. The zero-order chi connectivity index (χ0) is 23.6. The Bertz CT molecular complexity index is 1260. The molecular weight excluding hydrogens is 443 g/mol. The maximum absolute atomic E-state index is 12.8. The predicted octanol–water partition coefficient (Wildman–Crippen LogP) is 4.32. The highest BCUT2D eigenvalue weighted by molar-refractivity contribution is 6.01. The van der Waals surface area contributed by atoms with Crippen LogP contribution in [0.5, 0.6) is 29.1 Å². The lowest BCUT2D eigenvalue weighted by molar-refractivity contribution is -0.137. The van der Waals surface area contributed by atoms with E-state index >= 15 is 0 Å². The average molecular weight is 457 g/mol. The van der Waals surface area contributed by atoms with Gasteiger partial charge in [0.05, 0.1) is 30.9 Å². The summed E-state index contributed by atoms with van der Waals surface area (Å²) in [6.07, 6.45) is -4.48. The summed E-state index contributed by atoms with van der Waals surface area (Å²) in [5, 5.41) is 14.6. The van der Waals surface area contributed by atoms with Crippen molar-refractivity contribution in [3.05, 3.63) is 53.6 Å². The van der Waals surface area contributed by atoms with Crippen molar-refractivity contribution in [2.75, 3.05) is 24.3 Å². The number of nitrogens with one attached hydrogen (secondary N) is 2. The molecule has 168 valence electrons. The minimum atomic E-state index is -4.48. The highest BCUT2D eigenvalue weighted by Gasteiger charge is 2.30.